The molecule has 1 aliphatic heterocycles. The van der Waals surface area contributed by atoms with Crippen molar-refractivity contribution in [2.24, 2.45) is 0 Å². The van der Waals surface area contributed by atoms with E-state index in [1.54, 1.807) is 39.3 Å². The van der Waals surface area contributed by atoms with Gasteiger partial charge in [0.2, 0.25) is 0 Å². The van der Waals surface area contributed by atoms with Gasteiger partial charge < -0.3 is 24.4 Å². The Bertz CT molecular complexity index is 1510. The van der Waals surface area contributed by atoms with E-state index in [0.717, 1.165) is 42.8 Å². The molecule has 0 aromatic heterocycles. The van der Waals surface area contributed by atoms with E-state index in [9.17, 15) is 14.9 Å². The highest BCUT2D eigenvalue weighted by Gasteiger charge is 2.23. The zero-order valence-corrected chi connectivity index (χ0v) is 26.0. The molecule has 3 aromatic carbocycles. The van der Waals surface area contributed by atoms with E-state index in [1.165, 1.54) is 6.08 Å². The molecule has 9 heteroatoms. The van der Waals surface area contributed by atoms with Crippen molar-refractivity contribution in [2.45, 2.75) is 45.3 Å². The van der Waals surface area contributed by atoms with Gasteiger partial charge in [-0.15, -0.1) is 0 Å². The van der Waals surface area contributed by atoms with Crippen LogP contribution in [0.3, 0.4) is 0 Å². The van der Waals surface area contributed by atoms with Crippen molar-refractivity contribution >= 4 is 11.5 Å². The number of hydrogen-bond donors (Lipinski definition) is 1. The molecule has 0 radical (unpaired) electrons. The number of hydrogen-bond acceptors (Lipinski definition) is 7. The maximum absolute atomic E-state index is 13.3. The Labute approximate surface area is 259 Å². The summed E-state index contributed by atoms with van der Waals surface area (Å²) in [5, 5.41) is 15.2. The molecular formula is C35H41N3O6. The number of piperidine rings is 1. The van der Waals surface area contributed by atoms with Crippen LogP contribution in [0.5, 0.6) is 17.2 Å². The molecule has 1 aliphatic rings. The minimum Gasteiger partial charge on any atom is -0.497 e. The van der Waals surface area contributed by atoms with Crippen molar-refractivity contribution in [3.05, 3.63) is 106 Å². The fraction of sp³-hybridized carbons (Fsp3) is 0.343. The van der Waals surface area contributed by atoms with Crippen LogP contribution in [0.4, 0.5) is 0 Å². The number of amides is 1. The topological polar surface area (TPSA) is 103 Å². The molecule has 9 nitrogen and oxygen atoms in total. The SMILES string of the molecule is CC/C=C(\C(=C/C(C)NC(=O)c1ccc(OC)c(-c2cccc(OC)c2)c1)[N+](=O)[O-])c1ccc(OC2CCN(C)CC2)cc1. The number of carbonyl (C=O) groups excluding carboxylic acids is 1. The summed E-state index contributed by atoms with van der Waals surface area (Å²) in [7, 11) is 5.27. The molecule has 0 spiro atoms. The maximum atomic E-state index is 13.3. The van der Waals surface area contributed by atoms with Crippen LogP contribution in [0.15, 0.2) is 84.6 Å². The van der Waals surface area contributed by atoms with Crippen molar-refractivity contribution in [3.8, 4) is 28.4 Å². The first kappa shape index (κ1) is 32.3. The number of allylic oxidation sites excluding steroid dienone is 2. The zero-order chi connectivity index (χ0) is 31.6. The molecule has 3 aromatic rings. The molecule has 1 amide bonds. The lowest BCUT2D eigenvalue weighted by molar-refractivity contribution is -0.417. The minimum atomic E-state index is -0.627. The number of carbonyl (C=O) groups is 1. The van der Waals surface area contributed by atoms with Gasteiger partial charge in [-0.1, -0.05) is 37.3 Å². The average Bonchev–Trinajstić information content (AvgIpc) is 3.03. The van der Waals surface area contributed by atoms with Gasteiger partial charge in [0, 0.05) is 30.3 Å². The first-order chi connectivity index (χ1) is 21.2. The van der Waals surface area contributed by atoms with Gasteiger partial charge in [-0.2, -0.15) is 0 Å². The number of likely N-dealkylation sites (tertiary alicyclic amines) is 1. The van der Waals surface area contributed by atoms with Crippen LogP contribution in [0.1, 0.15) is 49.0 Å². The van der Waals surface area contributed by atoms with E-state index < -0.39 is 11.0 Å². The van der Waals surface area contributed by atoms with Crippen molar-refractivity contribution in [3.63, 3.8) is 0 Å². The van der Waals surface area contributed by atoms with Crippen LogP contribution < -0.4 is 19.5 Å². The second-order valence-corrected chi connectivity index (χ2v) is 10.9. The summed E-state index contributed by atoms with van der Waals surface area (Å²) in [6, 6.07) is 19.4. The zero-order valence-electron chi connectivity index (χ0n) is 26.0. The highest BCUT2D eigenvalue weighted by atomic mass is 16.6. The average molecular weight is 600 g/mol. The van der Waals surface area contributed by atoms with Crippen molar-refractivity contribution < 1.29 is 23.9 Å². The molecule has 0 saturated carbocycles. The standard InChI is InChI=1S/C35H41N3O6/c1-6-8-31(25-11-14-28(15-12-25)44-29-17-19-37(3)20-18-29)33(38(40)41)21-24(2)36-35(39)27-13-16-34(43-5)32(23-27)26-9-7-10-30(22-26)42-4/h7-16,21-24,29H,6,17-20H2,1-5H3,(H,36,39)/b31-8-,33-21+. The number of benzene rings is 3. The normalized spacial score (nSPS) is 15.4. The molecule has 4 rings (SSSR count). The third-order valence-electron chi connectivity index (χ3n) is 7.62. The van der Waals surface area contributed by atoms with Crippen molar-refractivity contribution in [1.82, 2.24) is 10.2 Å². The van der Waals surface area contributed by atoms with Crippen molar-refractivity contribution in [1.29, 1.82) is 0 Å². The Balaban J connectivity index is 1.52. The van der Waals surface area contributed by atoms with Crippen LogP contribution in [-0.4, -0.2) is 62.2 Å². The summed E-state index contributed by atoms with van der Waals surface area (Å²) in [5.41, 5.74) is 3.09. The quantitative estimate of drug-likeness (QED) is 0.142. The molecule has 1 atom stereocenters. The van der Waals surface area contributed by atoms with Gasteiger partial charge in [0.25, 0.3) is 11.6 Å². The highest BCUT2D eigenvalue weighted by molar-refractivity contribution is 5.96. The van der Waals surface area contributed by atoms with Crippen molar-refractivity contribution in [2.75, 3.05) is 34.4 Å². The van der Waals surface area contributed by atoms with E-state index in [1.807, 2.05) is 61.5 Å². The molecular weight excluding hydrogens is 558 g/mol. The molecule has 232 valence electrons. The third-order valence-corrected chi connectivity index (χ3v) is 7.62. The molecule has 1 heterocycles. The molecule has 0 aliphatic carbocycles. The Kier molecular flexibility index (Phi) is 11.2. The van der Waals surface area contributed by atoms with E-state index in [-0.39, 0.29) is 17.7 Å². The molecule has 1 fully saturated rings. The van der Waals surface area contributed by atoms with Gasteiger partial charge >= 0.3 is 0 Å². The van der Waals surface area contributed by atoms with Gasteiger partial charge in [-0.05, 0) is 86.8 Å². The number of rotatable bonds is 12. The molecule has 1 unspecified atom stereocenters. The molecule has 44 heavy (non-hydrogen) atoms. The van der Waals surface area contributed by atoms with Gasteiger partial charge in [-0.25, -0.2) is 0 Å². The summed E-state index contributed by atoms with van der Waals surface area (Å²) in [6.07, 6.45) is 6.02. The molecule has 1 saturated heterocycles. The summed E-state index contributed by atoms with van der Waals surface area (Å²) in [5.74, 6) is 1.68. The minimum absolute atomic E-state index is 0.0737. The maximum Gasteiger partial charge on any atom is 0.274 e. The monoisotopic (exact) mass is 599 g/mol. The van der Waals surface area contributed by atoms with Gasteiger partial charge in [-0.3, -0.25) is 14.9 Å². The van der Waals surface area contributed by atoms with Crippen LogP contribution in [0.2, 0.25) is 0 Å². The van der Waals surface area contributed by atoms with E-state index in [0.29, 0.717) is 34.6 Å². The first-order valence-corrected chi connectivity index (χ1v) is 14.9. The van der Waals surface area contributed by atoms with Gasteiger partial charge in [0.05, 0.1) is 30.8 Å². The summed E-state index contributed by atoms with van der Waals surface area (Å²) >= 11 is 0. The lowest BCUT2D eigenvalue weighted by atomic mass is 9.99. The Morgan fingerprint density at radius 2 is 1.73 bits per heavy atom. The number of ether oxygens (including phenoxy) is 3. The predicted molar refractivity (Wildman–Crippen MR) is 173 cm³/mol. The molecule has 0 bridgehead atoms. The van der Waals surface area contributed by atoms with Crippen LogP contribution in [0, 0.1) is 10.1 Å². The van der Waals surface area contributed by atoms with E-state index >= 15 is 0 Å². The van der Waals surface area contributed by atoms with E-state index in [4.69, 9.17) is 14.2 Å². The largest absolute Gasteiger partial charge is 0.497 e. The lowest BCUT2D eigenvalue weighted by Gasteiger charge is -2.29. The van der Waals surface area contributed by atoms with E-state index in [2.05, 4.69) is 17.3 Å². The highest BCUT2D eigenvalue weighted by Crippen LogP contribution is 2.33. The van der Waals surface area contributed by atoms with Gasteiger partial charge in [0.1, 0.15) is 23.4 Å². The number of nitrogens with one attached hydrogen (secondary N) is 1. The van der Waals surface area contributed by atoms with Crippen LogP contribution in [0.25, 0.3) is 16.7 Å². The fourth-order valence-electron chi connectivity index (χ4n) is 5.27. The lowest BCUT2D eigenvalue weighted by Crippen LogP contribution is -2.35. The summed E-state index contributed by atoms with van der Waals surface area (Å²) in [4.78, 5) is 27.5. The predicted octanol–water partition coefficient (Wildman–Crippen LogP) is 6.62. The van der Waals surface area contributed by atoms with Crippen LogP contribution in [-0.2, 0) is 0 Å². The second-order valence-electron chi connectivity index (χ2n) is 10.9. The molecule has 1 N–H and O–H groups in total. The van der Waals surface area contributed by atoms with Gasteiger partial charge in [0.15, 0.2) is 0 Å². The Morgan fingerprint density at radius 1 is 1.02 bits per heavy atom. The number of methoxy groups -OCH3 is 2. The first-order valence-electron chi connectivity index (χ1n) is 14.9. The Morgan fingerprint density at radius 3 is 2.36 bits per heavy atom. The Hall–Kier alpha value is -4.63. The number of nitro groups is 1. The van der Waals surface area contributed by atoms with Crippen LogP contribution >= 0.6 is 0 Å². The third kappa shape index (κ3) is 8.26. The second kappa shape index (κ2) is 15.2. The number of nitrogens with zero attached hydrogens (tertiary/aromatic N) is 2. The fourth-order valence-corrected chi connectivity index (χ4v) is 5.27. The summed E-state index contributed by atoms with van der Waals surface area (Å²) < 4.78 is 17.0. The summed E-state index contributed by atoms with van der Waals surface area (Å²) in [6.45, 7) is 5.65. The smallest absolute Gasteiger partial charge is 0.274 e.